The average Bonchev–Trinajstić information content (AvgIpc) is 2.60. The van der Waals surface area contributed by atoms with E-state index in [0.717, 1.165) is 17.5 Å². The number of hydrogen-bond donors (Lipinski definition) is 2. The minimum Gasteiger partial charge on any atom is -0.348 e. The molecule has 2 N–H and O–H groups in total. The highest BCUT2D eigenvalue weighted by Crippen LogP contribution is 2.21. The number of aryl methyl sites for hydroxylation is 1. The van der Waals surface area contributed by atoms with Crippen LogP contribution >= 0.6 is 11.6 Å². The van der Waals surface area contributed by atoms with E-state index >= 15 is 0 Å². The zero-order valence-electron chi connectivity index (χ0n) is 14.5. The number of carbonyl (C=O) groups excluding carboxylic acids is 1. The minimum atomic E-state index is -0.0269. The van der Waals surface area contributed by atoms with E-state index in [1.165, 1.54) is 5.56 Å². The second kappa shape index (κ2) is 8.86. The normalized spacial score (nSPS) is 13.3. The van der Waals surface area contributed by atoms with Crippen molar-refractivity contribution in [2.45, 2.75) is 39.3 Å². The third kappa shape index (κ3) is 5.08. The number of benzene rings is 2. The molecule has 0 saturated carbocycles. The lowest BCUT2D eigenvalue weighted by atomic mass is 10.0. The molecule has 4 heteroatoms. The fourth-order valence-corrected chi connectivity index (χ4v) is 2.90. The van der Waals surface area contributed by atoms with Gasteiger partial charge in [0.15, 0.2) is 0 Å². The second-order valence-electron chi connectivity index (χ2n) is 6.01. The van der Waals surface area contributed by atoms with E-state index in [-0.39, 0.29) is 24.5 Å². The zero-order valence-corrected chi connectivity index (χ0v) is 15.2. The molecular formula is C20H25ClN2O. The molecule has 0 heterocycles. The topological polar surface area (TPSA) is 41.1 Å². The summed E-state index contributed by atoms with van der Waals surface area (Å²) >= 11 is 6.18. The van der Waals surface area contributed by atoms with Crippen LogP contribution in [0.3, 0.4) is 0 Å². The third-order valence-corrected chi connectivity index (χ3v) is 4.55. The van der Waals surface area contributed by atoms with Crippen molar-refractivity contribution in [1.82, 2.24) is 10.6 Å². The van der Waals surface area contributed by atoms with Gasteiger partial charge in [0, 0.05) is 11.1 Å². The smallest absolute Gasteiger partial charge is 0.234 e. The molecule has 0 aliphatic heterocycles. The standard InChI is InChI=1S/C20H25ClN2O/c1-4-16-9-11-17(12-10-16)14(2)23-20(24)13-22-15(3)18-7-5-6-8-19(18)21/h5-12,14-15,22H,4,13H2,1-3H3,(H,23,24)/t14-,15-/m1/s1. The van der Waals surface area contributed by atoms with E-state index in [2.05, 4.69) is 41.8 Å². The van der Waals surface area contributed by atoms with Crippen molar-refractivity contribution in [2.75, 3.05) is 6.54 Å². The maximum atomic E-state index is 12.2. The molecule has 24 heavy (non-hydrogen) atoms. The van der Waals surface area contributed by atoms with Gasteiger partial charge in [0.25, 0.3) is 0 Å². The summed E-state index contributed by atoms with van der Waals surface area (Å²) in [5.74, 6) is -0.0269. The molecule has 0 bridgehead atoms. The molecule has 128 valence electrons. The van der Waals surface area contributed by atoms with Crippen LogP contribution in [0.4, 0.5) is 0 Å². The number of carbonyl (C=O) groups is 1. The van der Waals surface area contributed by atoms with Crippen molar-refractivity contribution in [3.8, 4) is 0 Å². The van der Waals surface area contributed by atoms with Gasteiger partial charge in [-0.2, -0.15) is 0 Å². The Morgan fingerprint density at radius 3 is 2.33 bits per heavy atom. The summed E-state index contributed by atoms with van der Waals surface area (Å²) < 4.78 is 0. The van der Waals surface area contributed by atoms with Gasteiger partial charge in [-0.15, -0.1) is 0 Å². The number of rotatable bonds is 7. The van der Waals surface area contributed by atoms with E-state index in [0.29, 0.717) is 5.02 Å². The maximum absolute atomic E-state index is 12.2. The van der Waals surface area contributed by atoms with Crippen molar-refractivity contribution in [3.63, 3.8) is 0 Å². The van der Waals surface area contributed by atoms with Gasteiger partial charge in [0.1, 0.15) is 0 Å². The number of hydrogen-bond acceptors (Lipinski definition) is 2. The van der Waals surface area contributed by atoms with Crippen LogP contribution in [0.2, 0.25) is 5.02 Å². The summed E-state index contributed by atoms with van der Waals surface area (Å²) in [5.41, 5.74) is 3.40. The molecule has 1 amide bonds. The SMILES string of the molecule is CCc1ccc([C@@H](C)NC(=O)CN[C@H](C)c2ccccc2Cl)cc1. The summed E-state index contributed by atoms with van der Waals surface area (Å²) in [6.07, 6.45) is 1.02. The highest BCUT2D eigenvalue weighted by Gasteiger charge is 2.13. The lowest BCUT2D eigenvalue weighted by Gasteiger charge is -2.18. The van der Waals surface area contributed by atoms with Gasteiger partial charge in [0.2, 0.25) is 5.91 Å². The Morgan fingerprint density at radius 2 is 1.71 bits per heavy atom. The molecule has 2 atom stereocenters. The Kier molecular flexibility index (Phi) is 6.83. The molecule has 0 aliphatic rings. The second-order valence-corrected chi connectivity index (χ2v) is 6.42. The van der Waals surface area contributed by atoms with E-state index in [1.807, 2.05) is 38.1 Å². The molecule has 0 radical (unpaired) electrons. The molecular weight excluding hydrogens is 320 g/mol. The first-order valence-corrected chi connectivity index (χ1v) is 8.75. The Bertz CT molecular complexity index is 670. The van der Waals surface area contributed by atoms with Gasteiger partial charge in [-0.1, -0.05) is 61.0 Å². The van der Waals surface area contributed by atoms with Crippen LogP contribution in [0.5, 0.6) is 0 Å². The fourth-order valence-electron chi connectivity index (χ4n) is 2.60. The average molecular weight is 345 g/mol. The molecule has 2 rings (SSSR count). The van der Waals surface area contributed by atoms with Crippen LogP contribution in [0.15, 0.2) is 48.5 Å². The van der Waals surface area contributed by atoms with E-state index in [4.69, 9.17) is 11.6 Å². The van der Waals surface area contributed by atoms with Gasteiger partial charge in [-0.05, 0) is 43.0 Å². The highest BCUT2D eigenvalue weighted by molar-refractivity contribution is 6.31. The summed E-state index contributed by atoms with van der Waals surface area (Å²) in [6.45, 7) is 6.38. The molecule has 0 spiro atoms. The molecule has 0 unspecified atom stereocenters. The van der Waals surface area contributed by atoms with Crippen molar-refractivity contribution < 1.29 is 4.79 Å². The van der Waals surface area contributed by atoms with Gasteiger partial charge in [-0.25, -0.2) is 0 Å². The molecule has 0 saturated heterocycles. The summed E-state index contributed by atoms with van der Waals surface area (Å²) in [7, 11) is 0. The number of halogens is 1. The van der Waals surface area contributed by atoms with Crippen LogP contribution in [-0.2, 0) is 11.2 Å². The van der Waals surface area contributed by atoms with E-state index < -0.39 is 0 Å². The van der Waals surface area contributed by atoms with Crippen molar-refractivity contribution in [1.29, 1.82) is 0 Å². The Balaban J connectivity index is 1.85. The van der Waals surface area contributed by atoms with Crippen LogP contribution in [0.25, 0.3) is 0 Å². The maximum Gasteiger partial charge on any atom is 0.234 e. The van der Waals surface area contributed by atoms with Crippen molar-refractivity contribution in [3.05, 3.63) is 70.2 Å². The predicted molar refractivity (Wildman–Crippen MR) is 100 cm³/mol. The minimum absolute atomic E-state index is 0.0131. The first kappa shape index (κ1) is 18.5. The first-order valence-electron chi connectivity index (χ1n) is 8.37. The molecule has 0 aliphatic carbocycles. The van der Waals surface area contributed by atoms with Crippen LogP contribution < -0.4 is 10.6 Å². The predicted octanol–water partition coefficient (Wildman–Crippen LogP) is 4.43. The highest BCUT2D eigenvalue weighted by atomic mass is 35.5. The Morgan fingerprint density at radius 1 is 1.04 bits per heavy atom. The monoisotopic (exact) mass is 344 g/mol. The van der Waals surface area contributed by atoms with Crippen LogP contribution in [-0.4, -0.2) is 12.5 Å². The lowest BCUT2D eigenvalue weighted by molar-refractivity contribution is -0.121. The fraction of sp³-hybridized carbons (Fsp3) is 0.350. The number of nitrogens with one attached hydrogen (secondary N) is 2. The third-order valence-electron chi connectivity index (χ3n) is 4.21. The lowest BCUT2D eigenvalue weighted by Crippen LogP contribution is -2.36. The Hall–Kier alpha value is -1.84. The van der Waals surface area contributed by atoms with Gasteiger partial charge < -0.3 is 10.6 Å². The Labute approximate surface area is 149 Å². The zero-order chi connectivity index (χ0) is 17.5. The molecule has 0 fully saturated rings. The largest absolute Gasteiger partial charge is 0.348 e. The van der Waals surface area contributed by atoms with Crippen LogP contribution in [0, 0.1) is 0 Å². The summed E-state index contributed by atoms with van der Waals surface area (Å²) in [6, 6.07) is 16.0. The molecule has 2 aromatic rings. The molecule has 2 aromatic carbocycles. The molecule has 3 nitrogen and oxygen atoms in total. The van der Waals surface area contributed by atoms with E-state index in [9.17, 15) is 4.79 Å². The van der Waals surface area contributed by atoms with Crippen molar-refractivity contribution in [2.24, 2.45) is 0 Å². The van der Waals surface area contributed by atoms with Crippen LogP contribution in [0.1, 0.15) is 49.5 Å². The van der Waals surface area contributed by atoms with Crippen molar-refractivity contribution >= 4 is 17.5 Å². The summed E-state index contributed by atoms with van der Waals surface area (Å²) in [4.78, 5) is 12.2. The summed E-state index contributed by atoms with van der Waals surface area (Å²) in [5, 5.41) is 6.95. The van der Waals surface area contributed by atoms with Gasteiger partial charge in [0.05, 0.1) is 12.6 Å². The quantitative estimate of drug-likeness (QED) is 0.780. The van der Waals surface area contributed by atoms with Gasteiger partial charge >= 0.3 is 0 Å². The number of amides is 1. The first-order chi connectivity index (χ1) is 11.5. The molecule has 0 aromatic heterocycles. The van der Waals surface area contributed by atoms with Gasteiger partial charge in [-0.3, -0.25) is 4.79 Å². The van der Waals surface area contributed by atoms with E-state index in [1.54, 1.807) is 0 Å².